The van der Waals surface area contributed by atoms with E-state index in [1.807, 2.05) is 24.3 Å². The van der Waals surface area contributed by atoms with E-state index in [9.17, 15) is 4.79 Å². The lowest BCUT2D eigenvalue weighted by Gasteiger charge is -2.48. The van der Waals surface area contributed by atoms with Crippen molar-refractivity contribution in [1.29, 1.82) is 0 Å². The molecule has 2 saturated heterocycles. The normalized spacial score (nSPS) is 23.7. The number of hydrogen-bond acceptors (Lipinski definition) is 4. The van der Waals surface area contributed by atoms with Gasteiger partial charge >= 0.3 is 0 Å². The largest absolute Gasteiger partial charge is 0.497 e. The van der Waals surface area contributed by atoms with Crippen LogP contribution in [-0.2, 0) is 11.3 Å². The minimum atomic E-state index is 0. The third kappa shape index (κ3) is 6.27. The van der Waals surface area contributed by atoms with E-state index in [-0.39, 0.29) is 36.4 Å². The van der Waals surface area contributed by atoms with Gasteiger partial charge in [0, 0.05) is 39.3 Å². The summed E-state index contributed by atoms with van der Waals surface area (Å²) >= 11 is 0. The molecule has 178 valence electrons. The van der Waals surface area contributed by atoms with Crippen LogP contribution in [0.1, 0.15) is 37.7 Å². The Balaban J connectivity index is 0.00000289. The molecule has 7 nitrogen and oxygen atoms in total. The molecule has 1 aliphatic carbocycles. The second-order valence-corrected chi connectivity index (χ2v) is 9.30. The van der Waals surface area contributed by atoms with Crippen molar-refractivity contribution in [1.82, 2.24) is 20.0 Å². The lowest BCUT2D eigenvalue weighted by atomic mass is 9.83. The second kappa shape index (κ2) is 11.5. The molecule has 4 rings (SSSR count). The number of methoxy groups -OCH3 is 1. The summed E-state index contributed by atoms with van der Waals surface area (Å²) in [5.74, 6) is 2.46. The second-order valence-electron chi connectivity index (χ2n) is 9.30. The quantitative estimate of drug-likeness (QED) is 0.333. The van der Waals surface area contributed by atoms with Crippen molar-refractivity contribution in [2.24, 2.45) is 10.9 Å². The molecule has 1 saturated carbocycles. The molecule has 3 aliphatic rings. The zero-order valence-electron chi connectivity index (χ0n) is 19.6. The first kappa shape index (κ1) is 25.1. The van der Waals surface area contributed by atoms with E-state index in [0.717, 1.165) is 42.4 Å². The van der Waals surface area contributed by atoms with Crippen LogP contribution in [-0.4, -0.2) is 86.0 Å². The smallest absolute Gasteiger partial charge is 0.241 e. The van der Waals surface area contributed by atoms with Crippen molar-refractivity contribution in [2.75, 3.05) is 47.4 Å². The number of guanidine groups is 1. The number of carbonyl (C=O) groups is 1. The number of aliphatic imine (C=N–C) groups is 1. The van der Waals surface area contributed by atoms with Crippen LogP contribution in [0.25, 0.3) is 0 Å². The van der Waals surface area contributed by atoms with Crippen LogP contribution in [0.3, 0.4) is 0 Å². The lowest BCUT2D eigenvalue weighted by Crippen LogP contribution is -2.57. The summed E-state index contributed by atoms with van der Waals surface area (Å²) in [6, 6.07) is 9.60. The standard InChI is InChI=1S/C24H37N5O2.HI/c1-27(2)23(30)16-26-24(25-15-18-6-10-21(31-3)11-7-18)28-14-12-22-19(17-28)5-4-13-29(22)20-8-9-20;/h6-7,10-11,19-20,22H,4-5,8-9,12-17H2,1-3H3,(H,25,26);1H. The number of fused-ring (bicyclic) bond motifs is 1. The number of nitrogens with one attached hydrogen (secondary N) is 1. The molecule has 0 aromatic heterocycles. The number of likely N-dealkylation sites (tertiary alicyclic amines) is 2. The number of carbonyl (C=O) groups excluding carboxylic acids is 1. The first-order valence-electron chi connectivity index (χ1n) is 11.7. The molecule has 2 aliphatic heterocycles. The molecule has 32 heavy (non-hydrogen) atoms. The highest BCUT2D eigenvalue weighted by molar-refractivity contribution is 14.0. The fourth-order valence-corrected chi connectivity index (χ4v) is 4.97. The molecule has 8 heteroatoms. The molecule has 2 unspecified atom stereocenters. The van der Waals surface area contributed by atoms with Crippen LogP contribution in [0.5, 0.6) is 5.75 Å². The monoisotopic (exact) mass is 555 g/mol. The molecule has 3 fully saturated rings. The zero-order chi connectivity index (χ0) is 21.8. The Labute approximate surface area is 209 Å². The van der Waals surface area contributed by atoms with E-state index in [0.29, 0.717) is 12.5 Å². The van der Waals surface area contributed by atoms with Gasteiger partial charge in [0.15, 0.2) is 5.96 Å². The molecule has 0 spiro atoms. The van der Waals surface area contributed by atoms with Crippen molar-refractivity contribution in [3.8, 4) is 5.75 Å². The van der Waals surface area contributed by atoms with Gasteiger partial charge in [0.2, 0.25) is 5.91 Å². The predicted molar refractivity (Wildman–Crippen MR) is 139 cm³/mol. The Kier molecular flexibility index (Phi) is 9.04. The summed E-state index contributed by atoms with van der Waals surface area (Å²) in [7, 11) is 5.26. The summed E-state index contributed by atoms with van der Waals surface area (Å²) in [6.45, 7) is 4.15. The predicted octanol–water partition coefficient (Wildman–Crippen LogP) is 2.80. The van der Waals surface area contributed by atoms with E-state index < -0.39 is 0 Å². The highest BCUT2D eigenvalue weighted by Gasteiger charge is 2.42. The highest BCUT2D eigenvalue weighted by atomic mass is 127. The third-order valence-corrected chi connectivity index (χ3v) is 6.89. The van der Waals surface area contributed by atoms with Gasteiger partial charge in [-0.2, -0.15) is 0 Å². The van der Waals surface area contributed by atoms with E-state index in [1.165, 1.54) is 38.6 Å². The van der Waals surface area contributed by atoms with Crippen LogP contribution in [0.2, 0.25) is 0 Å². The van der Waals surface area contributed by atoms with Gasteiger partial charge in [-0.3, -0.25) is 9.69 Å². The van der Waals surface area contributed by atoms with Gasteiger partial charge in [-0.15, -0.1) is 24.0 Å². The Morgan fingerprint density at radius 1 is 1.16 bits per heavy atom. The van der Waals surface area contributed by atoms with Gasteiger partial charge in [0.25, 0.3) is 0 Å². The number of amides is 1. The van der Waals surface area contributed by atoms with Gasteiger partial charge in [-0.05, 0) is 62.3 Å². The molecule has 2 atom stereocenters. The maximum Gasteiger partial charge on any atom is 0.241 e. The van der Waals surface area contributed by atoms with Crippen LogP contribution >= 0.6 is 24.0 Å². The molecule has 1 N–H and O–H groups in total. The SMILES string of the molecule is COc1ccc(CN=C(NCC(=O)N(C)C)N2CCC3C(CCCN3C3CC3)C2)cc1.I. The number of nitrogens with zero attached hydrogens (tertiary/aromatic N) is 4. The first-order chi connectivity index (χ1) is 15.0. The first-order valence-corrected chi connectivity index (χ1v) is 11.7. The number of rotatable bonds is 6. The van der Waals surface area contributed by atoms with Gasteiger partial charge in [-0.25, -0.2) is 4.99 Å². The number of ether oxygens (including phenoxy) is 1. The van der Waals surface area contributed by atoms with Gasteiger partial charge in [0.1, 0.15) is 5.75 Å². The fourth-order valence-electron chi connectivity index (χ4n) is 4.97. The third-order valence-electron chi connectivity index (χ3n) is 6.89. The van der Waals surface area contributed by atoms with Crippen molar-refractivity contribution < 1.29 is 9.53 Å². The van der Waals surface area contributed by atoms with E-state index >= 15 is 0 Å². The summed E-state index contributed by atoms with van der Waals surface area (Å²) in [5, 5.41) is 3.35. The molecule has 1 aromatic rings. The van der Waals surface area contributed by atoms with E-state index in [1.54, 1.807) is 26.1 Å². The van der Waals surface area contributed by atoms with Crippen LogP contribution < -0.4 is 10.1 Å². The fraction of sp³-hybridized carbons (Fsp3) is 0.667. The molecule has 1 amide bonds. The maximum atomic E-state index is 12.2. The lowest BCUT2D eigenvalue weighted by molar-refractivity contribution is -0.127. The van der Waals surface area contributed by atoms with Gasteiger partial charge in [0.05, 0.1) is 20.2 Å². The molecule has 1 aromatic carbocycles. The Morgan fingerprint density at radius 3 is 2.56 bits per heavy atom. The van der Waals surface area contributed by atoms with E-state index in [2.05, 4.69) is 15.1 Å². The molecule has 0 radical (unpaired) electrons. The van der Waals surface area contributed by atoms with Crippen molar-refractivity contribution in [3.63, 3.8) is 0 Å². The minimum absolute atomic E-state index is 0. The molecular weight excluding hydrogens is 517 g/mol. The minimum Gasteiger partial charge on any atom is -0.497 e. The summed E-state index contributed by atoms with van der Waals surface area (Å²) in [5.41, 5.74) is 1.13. The van der Waals surface area contributed by atoms with E-state index in [4.69, 9.17) is 9.73 Å². The number of likely N-dealkylation sites (N-methyl/N-ethyl adjacent to an activating group) is 1. The molecule has 2 heterocycles. The van der Waals surface area contributed by atoms with Crippen molar-refractivity contribution >= 4 is 35.8 Å². The number of hydrogen-bond donors (Lipinski definition) is 1. The summed E-state index contributed by atoms with van der Waals surface area (Å²) < 4.78 is 5.25. The Bertz CT molecular complexity index is 781. The summed E-state index contributed by atoms with van der Waals surface area (Å²) in [6.07, 6.45) is 6.56. The average Bonchev–Trinajstić information content (AvgIpc) is 3.64. The highest BCUT2D eigenvalue weighted by Crippen LogP contribution is 2.38. The zero-order valence-corrected chi connectivity index (χ0v) is 22.0. The number of benzene rings is 1. The number of halogens is 1. The number of piperidine rings is 2. The average molecular weight is 556 g/mol. The van der Waals surface area contributed by atoms with Gasteiger partial charge < -0.3 is 19.9 Å². The van der Waals surface area contributed by atoms with Crippen molar-refractivity contribution in [3.05, 3.63) is 29.8 Å². The van der Waals surface area contributed by atoms with Crippen LogP contribution in [0, 0.1) is 5.92 Å². The maximum absolute atomic E-state index is 12.2. The van der Waals surface area contributed by atoms with Crippen molar-refractivity contribution in [2.45, 2.75) is 50.7 Å². The van der Waals surface area contributed by atoms with Gasteiger partial charge in [-0.1, -0.05) is 12.1 Å². The molecular formula is C24H38IN5O2. The molecule has 0 bridgehead atoms. The van der Waals surface area contributed by atoms with Crippen LogP contribution in [0.4, 0.5) is 0 Å². The Morgan fingerprint density at radius 2 is 1.91 bits per heavy atom. The Hall–Kier alpha value is -1.55. The topological polar surface area (TPSA) is 60.4 Å². The van der Waals surface area contributed by atoms with Crippen LogP contribution in [0.15, 0.2) is 29.3 Å². The summed E-state index contributed by atoms with van der Waals surface area (Å²) in [4.78, 5) is 23.9.